The van der Waals surface area contributed by atoms with Crippen molar-refractivity contribution in [3.63, 3.8) is 0 Å². The van der Waals surface area contributed by atoms with E-state index in [9.17, 15) is 0 Å². The molecular weight excluding hydrogens is 128 g/mol. The zero-order valence-corrected chi connectivity index (χ0v) is 7.13. The predicted molar refractivity (Wildman–Crippen MR) is 41.7 cm³/mol. The summed E-state index contributed by atoms with van der Waals surface area (Å²) in [6, 6.07) is 0. The standard InChI is InChI=1S/C8H18O2/c1-4-10-8(9)6-5-7(2)3/h7-9H,4-6H2,1-3H3. The number of ether oxygens (including phenoxy) is 1. The third-order valence-electron chi connectivity index (χ3n) is 1.35. The van der Waals surface area contributed by atoms with Gasteiger partial charge in [0.2, 0.25) is 0 Å². The topological polar surface area (TPSA) is 29.5 Å². The van der Waals surface area contributed by atoms with Crippen molar-refractivity contribution in [1.82, 2.24) is 0 Å². The SMILES string of the molecule is CCOC(O)CCC(C)C. The van der Waals surface area contributed by atoms with Crippen molar-refractivity contribution in [3.8, 4) is 0 Å². The molecule has 2 heteroatoms. The van der Waals surface area contributed by atoms with Gasteiger partial charge in [0.1, 0.15) is 0 Å². The zero-order valence-electron chi connectivity index (χ0n) is 7.13. The van der Waals surface area contributed by atoms with Crippen molar-refractivity contribution in [2.75, 3.05) is 6.61 Å². The third-order valence-corrected chi connectivity index (χ3v) is 1.35. The van der Waals surface area contributed by atoms with E-state index in [0.29, 0.717) is 12.5 Å². The molecule has 0 aromatic carbocycles. The van der Waals surface area contributed by atoms with Crippen LogP contribution in [-0.4, -0.2) is 18.0 Å². The summed E-state index contributed by atoms with van der Waals surface area (Å²) in [6.07, 6.45) is 1.24. The molecule has 0 spiro atoms. The van der Waals surface area contributed by atoms with Crippen LogP contribution in [0.2, 0.25) is 0 Å². The maximum atomic E-state index is 9.08. The molecule has 0 heterocycles. The molecule has 0 aliphatic rings. The molecule has 0 saturated heterocycles. The smallest absolute Gasteiger partial charge is 0.154 e. The molecule has 0 bridgehead atoms. The maximum absolute atomic E-state index is 9.08. The first kappa shape index (κ1) is 9.92. The minimum absolute atomic E-state index is 0.549. The lowest BCUT2D eigenvalue weighted by Gasteiger charge is -2.10. The van der Waals surface area contributed by atoms with Crippen molar-refractivity contribution >= 4 is 0 Å². The molecular formula is C8H18O2. The van der Waals surface area contributed by atoms with Crippen LogP contribution in [0.5, 0.6) is 0 Å². The summed E-state index contributed by atoms with van der Waals surface area (Å²) >= 11 is 0. The number of aliphatic hydroxyl groups excluding tert-OH is 1. The Kier molecular flexibility index (Phi) is 5.64. The third kappa shape index (κ3) is 6.05. The average Bonchev–Trinajstić information content (AvgIpc) is 1.85. The molecule has 62 valence electrons. The van der Waals surface area contributed by atoms with Crippen LogP contribution in [0.25, 0.3) is 0 Å². The predicted octanol–water partition coefficient (Wildman–Crippen LogP) is 1.78. The molecule has 0 amide bonds. The van der Waals surface area contributed by atoms with Crippen LogP contribution in [0.4, 0.5) is 0 Å². The Morgan fingerprint density at radius 3 is 2.30 bits per heavy atom. The van der Waals surface area contributed by atoms with E-state index < -0.39 is 6.29 Å². The largest absolute Gasteiger partial charge is 0.368 e. The van der Waals surface area contributed by atoms with E-state index >= 15 is 0 Å². The number of hydrogen-bond acceptors (Lipinski definition) is 2. The van der Waals surface area contributed by atoms with Gasteiger partial charge in [-0.15, -0.1) is 0 Å². The van der Waals surface area contributed by atoms with E-state index in [-0.39, 0.29) is 0 Å². The molecule has 0 aromatic rings. The Morgan fingerprint density at radius 2 is 1.90 bits per heavy atom. The fraction of sp³-hybridized carbons (Fsp3) is 1.00. The first-order valence-corrected chi connectivity index (χ1v) is 3.96. The second-order valence-electron chi connectivity index (χ2n) is 2.88. The highest BCUT2D eigenvalue weighted by molar-refractivity contribution is 4.47. The lowest BCUT2D eigenvalue weighted by molar-refractivity contribution is -0.101. The summed E-state index contributed by atoms with van der Waals surface area (Å²) in [5, 5.41) is 9.08. The van der Waals surface area contributed by atoms with Gasteiger partial charge in [0, 0.05) is 6.61 Å². The first-order chi connectivity index (χ1) is 4.66. The van der Waals surface area contributed by atoms with Crippen LogP contribution in [0, 0.1) is 5.92 Å². The van der Waals surface area contributed by atoms with Crippen LogP contribution in [0.1, 0.15) is 33.6 Å². The van der Waals surface area contributed by atoms with E-state index in [4.69, 9.17) is 9.84 Å². The minimum atomic E-state index is -0.549. The Morgan fingerprint density at radius 1 is 1.30 bits per heavy atom. The van der Waals surface area contributed by atoms with Crippen LogP contribution < -0.4 is 0 Å². The van der Waals surface area contributed by atoms with Gasteiger partial charge in [0.15, 0.2) is 6.29 Å². The van der Waals surface area contributed by atoms with Crippen LogP contribution in [-0.2, 0) is 4.74 Å². The monoisotopic (exact) mass is 146 g/mol. The fourth-order valence-electron chi connectivity index (χ4n) is 0.752. The van der Waals surface area contributed by atoms with E-state index in [1.165, 1.54) is 0 Å². The number of rotatable bonds is 5. The van der Waals surface area contributed by atoms with Gasteiger partial charge in [-0.1, -0.05) is 13.8 Å². The summed E-state index contributed by atoms with van der Waals surface area (Å²) in [4.78, 5) is 0. The summed E-state index contributed by atoms with van der Waals surface area (Å²) < 4.78 is 4.95. The summed E-state index contributed by atoms with van der Waals surface area (Å²) in [5.74, 6) is 0.648. The van der Waals surface area contributed by atoms with Gasteiger partial charge in [0.25, 0.3) is 0 Å². The van der Waals surface area contributed by atoms with E-state index in [1.54, 1.807) is 0 Å². The highest BCUT2D eigenvalue weighted by Crippen LogP contribution is 2.06. The van der Waals surface area contributed by atoms with Gasteiger partial charge in [-0.05, 0) is 25.7 Å². The normalized spacial score (nSPS) is 14.1. The van der Waals surface area contributed by atoms with Gasteiger partial charge in [-0.3, -0.25) is 0 Å². The Labute approximate surface area is 63.2 Å². The first-order valence-electron chi connectivity index (χ1n) is 3.96. The van der Waals surface area contributed by atoms with Gasteiger partial charge < -0.3 is 9.84 Å². The summed E-state index contributed by atoms with van der Waals surface area (Å²) in [5.41, 5.74) is 0. The van der Waals surface area contributed by atoms with Gasteiger partial charge in [-0.25, -0.2) is 0 Å². The Bertz CT molecular complexity index is 71.7. The molecule has 0 fully saturated rings. The second kappa shape index (κ2) is 5.69. The molecule has 0 aromatic heterocycles. The second-order valence-corrected chi connectivity index (χ2v) is 2.88. The maximum Gasteiger partial charge on any atom is 0.154 e. The lowest BCUT2D eigenvalue weighted by atomic mass is 10.1. The quantitative estimate of drug-likeness (QED) is 0.599. The van der Waals surface area contributed by atoms with E-state index in [2.05, 4.69) is 13.8 Å². The van der Waals surface area contributed by atoms with Gasteiger partial charge in [0.05, 0.1) is 0 Å². The molecule has 10 heavy (non-hydrogen) atoms. The highest BCUT2D eigenvalue weighted by atomic mass is 16.6. The van der Waals surface area contributed by atoms with Crippen molar-refractivity contribution in [2.24, 2.45) is 5.92 Å². The fourth-order valence-corrected chi connectivity index (χ4v) is 0.752. The van der Waals surface area contributed by atoms with Crippen molar-refractivity contribution < 1.29 is 9.84 Å². The highest BCUT2D eigenvalue weighted by Gasteiger charge is 2.03. The average molecular weight is 146 g/mol. The van der Waals surface area contributed by atoms with Crippen molar-refractivity contribution in [3.05, 3.63) is 0 Å². The van der Waals surface area contributed by atoms with Crippen molar-refractivity contribution in [2.45, 2.75) is 39.9 Å². The molecule has 1 unspecified atom stereocenters. The lowest BCUT2D eigenvalue weighted by Crippen LogP contribution is -2.12. The van der Waals surface area contributed by atoms with Gasteiger partial charge in [-0.2, -0.15) is 0 Å². The van der Waals surface area contributed by atoms with Gasteiger partial charge >= 0.3 is 0 Å². The van der Waals surface area contributed by atoms with Crippen molar-refractivity contribution in [1.29, 1.82) is 0 Å². The molecule has 2 nitrogen and oxygen atoms in total. The number of hydrogen-bond donors (Lipinski definition) is 1. The number of aliphatic hydroxyl groups is 1. The Balaban J connectivity index is 3.12. The summed E-state index contributed by atoms with van der Waals surface area (Å²) in [6.45, 7) is 6.76. The molecule has 0 radical (unpaired) electrons. The summed E-state index contributed by atoms with van der Waals surface area (Å²) in [7, 11) is 0. The van der Waals surface area contributed by atoms with Crippen LogP contribution >= 0.6 is 0 Å². The molecule has 0 aliphatic carbocycles. The molecule has 0 aliphatic heterocycles. The molecule has 0 saturated carbocycles. The van der Waals surface area contributed by atoms with Crippen LogP contribution in [0.15, 0.2) is 0 Å². The molecule has 1 atom stereocenters. The van der Waals surface area contributed by atoms with Crippen LogP contribution in [0.3, 0.4) is 0 Å². The molecule has 0 rings (SSSR count). The van der Waals surface area contributed by atoms with E-state index in [1.807, 2.05) is 6.92 Å². The Hall–Kier alpha value is -0.0800. The zero-order chi connectivity index (χ0) is 7.98. The minimum Gasteiger partial charge on any atom is -0.368 e. The molecule has 1 N–H and O–H groups in total. The van der Waals surface area contributed by atoms with E-state index in [0.717, 1.165) is 12.8 Å².